The predicted octanol–water partition coefficient (Wildman–Crippen LogP) is -3.15. The lowest BCUT2D eigenvalue weighted by Gasteiger charge is -2.23. The summed E-state index contributed by atoms with van der Waals surface area (Å²) in [5.74, 6) is -3.53. The summed E-state index contributed by atoms with van der Waals surface area (Å²) in [6.45, 7) is 1.19. The molecular weight excluding hydrogens is 236 g/mol. The van der Waals surface area contributed by atoms with Gasteiger partial charge in [-0.1, -0.05) is 0 Å². The van der Waals surface area contributed by atoms with Gasteiger partial charge in [-0.25, -0.2) is 4.79 Å². The minimum Gasteiger partial charge on any atom is -0.475 e. The summed E-state index contributed by atoms with van der Waals surface area (Å²) in [5, 5.41) is 54.0. The summed E-state index contributed by atoms with van der Waals surface area (Å²) in [5.41, 5.74) is 0. The number of rotatable bonds is 7. The Morgan fingerprint density at radius 2 is 1.47 bits per heavy atom. The van der Waals surface area contributed by atoms with Crippen LogP contribution in [0.1, 0.15) is 13.3 Å². The highest BCUT2D eigenvalue weighted by atomic mass is 16.4. The van der Waals surface area contributed by atoms with E-state index < -0.39 is 48.7 Å². The third-order valence-corrected chi connectivity index (χ3v) is 2.22. The first-order valence-corrected chi connectivity index (χ1v) is 4.86. The lowest BCUT2D eigenvalue weighted by atomic mass is 9.98. The van der Waals surface area contributed by atoms with Crippen LogP contribution in [-0.4, -0.2) is 72.9 Å². The quantitative estimate of drug-likeness (QED) is 0.259. The van der Waals surface area contributed by atoms with E-state index in [0.717, 1.165) is 0 Å². The topological polar surface area (TPSA) is 156 Å². The van der Waals surface area contributed by atoms with Crippen molar-refractivity contribution in [1.29, 1.82) is 0 Å². The molecule has 0 radical (unpaired) electrons. The molecule has 6 N–H and O–H groups in total. The van der Waals surface area contributed by atoms with Crippen molar-refractivity contribution >= 4 is 11.8 Å². The van der Waals surface area contributed by atoms with Crippen LogP contribution in [0, 0.1) is 0 Å². The molecule has 0 aromatic carbocycles. The monoisotopic (exact) mass is 252 g/mol. The molecule has 0 saturated carbocycles. The van der Waals surface area contributed by atoms with E-state index in [2.05, 4.69) is 0 Å². The van der Waals surface area contributed by atoms with Gasteiger partial charge >= 0.3 is 5.97 Å². The lowest BCUT2D eigenvalue weighted by Crippen LogP contribution is -2.44. The van der Waals surface area contributed by atoms with Crippen LogP contribution in [0.5, 0.6) is 0 Å². The van der Waals surface area contributed by atoms with Crippen LogP contribution in [-0.2, 0) is 9.59 Å². The summed E-state index contributed by atoms with van der Waals surface area (Å²) < 4.78 is 0. The Hall–Kier alpha value is -1.06. The summed E-state index contributed by atoms with van der Waals surface area (Å²) in [6.07, 6.45) is -9.13. The van der Waals surface area contributed by atoms with Gasteiger partial charge in [0.05, 0.1) is 18.3 Å². The second kappa shape index (κ2) is 6.62. The Morgan fingerprint density at radius 1 is 1.00 bits per heavy atom. The van der Waals surface area contributed by atoms with E-state index in [-0.39, 0.29) is 0 Å². The molecule has 0 aliphatic rings. The van der Waals surface area contributed by atoms with Crippen molar-refractivity contribution in [3.8, 4) is 0 Å². The number of hydrogen-bond donors (Lipinski definition) is 6. The van der Waals surface area contributed by atoms with Crippen molar-refractivity contribution in [2.24, 2.45) is 0 Å². The van der Waals surface area contributed by atoms with Gasteiger partial charge in [0.2, 0.25) is 0 Å². The number of carboxylic acid groups (broad SMARTS) is 1. The second-order valence-electron chi connectivity index (χ2n) is 3.72. The van der Waals surface area contributed by atoms with Gasteiger partial charge in [-0.3, -0.25) is 4.79 Å². The molecule has 100 valence electrons. The van der Waals surface area contributed by atoms with E-state index >= 15 is 0 Å². The molecule has 8 nitrogen and oxygen atoms in total. The number of aliphatic hydroxyl groups excluding tert-OH is 5. The molecule has 0 fully saturated rings. The molecule has 0 aliphatic heterocycles. The SMILES string of the molecule is C[C@H](O)[C@@H](O)[C@H](O)C[C@H](O)[C@@H](O)C(=O)C(=O)O. The van der Waals surface area contributed by atoms with Gasteiger partial charge in [0.15, 0.2) is 0 Å². The van der Waals surface area contributed by atoms with Crippen molar-refractivity contribution < 1.29 is 40.2 Å². The number of carbonyl (C=O) groups is 2. The summed E-state index contributed by atoms with van der Waals surface area (Å²) in [4.78, 5) is 21.0. The summed E-state index contributed by atoms with van der Waals surface area (Å²) in [6, 6.07) is 0. The first-order chi connectivity index (χ1) is 7.68. The Morgan fingerprint density at radius 3 is 1.82 bits per heavy atom. The van der Waals surface area contributed by atoms with E-state index in [9.17, 15) is 24.9 Å². The highest BCUT2D eigenvalue weighted by Gasteiger charge is 2.33. The first kappa shape index (κ1) is 15.9. The molecule has 0 aliphatic carbocycles. The van der Waals surface area contributed by atoms with E-state index in [1.165, 1.54) is 6.92 Å². The van der Waals surface area contributed by atoms with Crippen LogP contribution in [0.25, 0.3) is 0 Å². The highest BCUT2D eigenvalue weighted by molar-refractivity contribution is 6.34. The number of carbonyl (C=O) groups excluding carboxylic acids is 1. The number of hydrogen-bond acceptors (Lipinski definition) is 7. The summed E-state index contributed by atoms with van der Waals surface area (Å²) >= 11 is 0. The Bertz CT molecular complexity index is 276. The van der Waals surface area contributed by atoms with Gasteiger partial charge in [-0.05, 0) is 6.92 Å². The van der Waals surface area contributed by atoms with Crippen LogP contribution in [0.3, 0.4) is 0 Å². The van der Waals surface area contributed by atoms with Gasteiger partial charge in [0.1, 0.15) is 12.2 Å². The number of ketones is 1. The van der Waals surface area contributed by atoms with E-state index in [0.29, 0.717) is 0 Å². The molecule has 0 saturated heterocycles. The molecule has 0 bridgehead atoms. The minimum absolute atomic E-state index is 0.647. The molecule has 0 spiro atoms. The zero-order valence-electron chi connectivity index (χ0n) is 9.09. The molecule has 0 amide bonds. The third kappa shape index (κ3) is 4.75. The molecule has 5 atom stereocenters. The third-order valence-electron chi connectivity index (χ3n) is 2.22. The van der Waals surface area contributed by atoms with E-state index in [1.807, 2.05) is 0 Å². The van der Waals surface area contributed by atoms with Crippen LogP contribution in [0.2, 0.25) is 0 Å². The molecule has 8 heteroatoms. The Balaban J connectivity index is 4.39. The second-order valence-corrected chi connectivity index (χ2v) is 3.72. The Kier molecular flexibility index (Phi) is 6.21. The van der Waals surface area contributed by atoms with Gasteiger partial charge < -0.3 is 30.6 Å². The number of aliphatic hydroxyl groups is 5. The number of carboxylic acids is 1. The van der Waals surface area contributed by atoms with Crippen LogP contribution in [0.4, 0.5) is 0 Å². The maximum atomic E-state index is 10.8. The first-order valence-electron chi connectivity index (χ1n) is 4.86. The zero-order chi connectivity index (χ0) is 13.7. The molecular formula is C9H16O8. The number of aliphatic carboxylic acids is 1. The predicted molar refractivity (Wildman–Crippen MR) is 53.0 cm³/mol. The van der Waals surface area contributed by atoms with Gasteiger partial charge in [-0.15, -0.1) is 0 Å². The molecule has 0 aromatic heterocycles. The normalized spacial score (nSPS) is 20.1. The van der Waals surface area contributed by atoms with Crippen LogP contribution in [0.15, 0.2) is 0 Å². The molecule has 17 heavy (non-hydrogen) atoms. The zero-order valence-corrected chi connectivity index (χ0v) is 9.09. The lowest BCUT2D eigenvalue weighted by molar-refractivity contribution is -0.157. The van der Waals surface area contributed by atoms with Crippen LogP contribution >= 0.6 is 0 Å². The minimum atomic E-state index is -2.19. The standard InChI is InChI=1S/C9H16O8/c1-3(10)6(13)4(11)2-5(12)7(14)8(15)9(16)17/h3-7,10-14H,2H2,1H3,(H,16,17)/t3-,4+,5-,6+,7+/m0/s1. The van der Waals surface area contributed by atoms with Crippen molar-refractivity contribution in [3.05, 3.63) is 0 Å². The fourth-order valence-electron chi connectivity index (χ4n) is 1.14. The Labute approximate surface area is 96.7 Å². The fourth-order valence-corrected chi connectivity index (χ4v) is 1.14. The largest absolute Gasteiger partial charge is 0.475 e. The average molecular weight is 252 g/mol. The van der Waals surface area contributed by atoms with Gasteiger partial charge in [-0.2, -0.15) is 0 Å². The fraction of sp³-hybridized carbons (Fsp3) is 0.778. The molecule has 0 aromatic rings. The van der Waals surface area contributed by atoms with Crippen molar-refractivity contribution in [2.75, 3.05) is 0 Å². The van der Waals surface area contributed by atoms with Crippen molar-refractivity contribution in [1.82, 2.24) is 0 Å². The van der Waals surface area contributed by atoms with Crippen molar-refractivity contribution in [3.63, 3.8) is 0 Å². The van der Waals surface area contributed by atoms with E-state index in [1.54, 1.807) is 0 Å². The van der Waals surface area contributed by atoms with Gasteiger partial charge in [0.25, 0.3) is 5.78 Å². The van der Waals surface area contributed by atoms with Gasteiger partial charge in [0, 0.05) is 6.42 Å². The van der Waals surface area contributed by atoms with Crippen molar-refractivity contribution in [2.45, 2.75) is 43.9 Å². The van der Waals surface area contributed by atoms with Crippen LogP contribution < -0.4 is 0 Å². The number of Topliss-reactive ketones (excluding diaryl/α,β-unsaturated/α-hetero) is 1. The average Bonchev–Trinajstić information content (AvgIpc) is 2.25. The molecule has 0 unspecified atom stereocenters. The maximum Gasteiger partial charge on any atom is 0.375 e. The smallest absolute Gasteiger partial charge is 0.375 e. The van der Waals surface area contributed by atoms with E-state index in [4.69, 9.17) is 15.3 Å². The molecule has 0 rings (SSSR count). The molecule has 0 heterocycles. The highest BCUT2D eigenvalue weighted by Crippen LogP contribution is 2.10. The summed E-state index contributed by atoms with van der Waals surface area (Å²) in [7, 11) is 0. The maximum absolute atomic E-state index is 10.8.